The zero-order valence-corrected chi connectivity index (χ0v) is 21.2. The van der Waals surface area contributed by atoms with E-state index in [0.717, 1.165) is 22.4 Å². The van der Waals surface area contributed by atoms with E-state index >= 15 is 0 Å². The molecule has 3 rings (SSSR count). The van der Waals surface area contributed by atoms with Gasteiger partial charge in [-0.15, -0.1) is 11.8 Å². The SMILES string of the molecule is CCCNC(=O)[C@H](Cc1ccccc1)N(Cc1cccc(Cl)c1)C(=O)CSc1ccc(C)cc1. The van der Waals surface area contributed by atoms with Crippen LogP contribution in [0.15, 0.2) is 83.8 Å². The quantitative estimate of drug-likeness (QED) is 0.337. The van der Waals surface area contributed by atoms with Crippen LogP contribution in [-0.4, -0.2) is 35.1 Å². The first kappa shape index (κ1) is 25.9. The van der Waals surface area contributed by atoms with Crippen molar-refractivity contribution >= 4 is 35.2 Å². The Balaban J connectivity index is 1.88. The van der Waals surface area contributed by atoms with Gasteiger partial charge in [-0.3, -0.25) is 9.59 Å². The van der Waals surface area contributed by atoms with Gasteiger partial charge in [0, 0.05) is 29.4 Å². The monoisotopic (exact) mass is 494 g/mol. The maximum atomic E-state index is 13.6. The minimum absolute atomic E-state index is 0.0851. The highest BCUT2D eigenvalue weighted by Crippen LogP contribution is 2.22. The average Bonchev–Trinajstić information content (AvgIpc) is 2.85. The van der Waals surface area contributed by atoms with Crippen LogP contribution in [0.2, 0.25) is 5.02 Å². The Bertz CT molecular complexity index is 1070. The van der Waals surface area contributed by atoms with Crippen LogP contribution in [0.25, 0.3) is 0 Å². The van der Waals surface area contributed by atoms with Gasteiger partial charge < -0.3 is 10.2 Å². The van der Waals surface area contributed by atoms with Crippen molar-refractivity contribution < 1.29 is 9.59 Å². The van der Waals surface area contributed by atoms with Crippen LogP contribution < -0.4 is 5.32 Å². The van der Waals surface area contributed by atoms with Gasteiger partial charge >= 0.3 is 0 Å². The molecule has 3 aromatic rings. The van der Waals surface area contributed by atoms with E-state index in [9.17, 15) is 9.59 Å². The molecule has 0 unspecified atom stereocenters. The first-order chi connectivity index (χ1) is 16.5. The van der Waals surface area contributed by atoms with E-state index in [4.69, 9.17) is 11.6 Å². The molecule has 1 atom stereocenters. The Hall–Kier alpha value is -2.76. The average molecular weight is 495 g/mol. The Kier molecular flexibility index (Phi) is 10.0. The molecule has 3 aromatic carbocycles. The van der Waals surface area contributed by atoms with Crippen LogP contribution >= 0.6 is 23.4 Å². The van der Waals surface area contributed by atoms with Gasteiger partial charge in [-0.2, -0.15) is 0 Å². The largest absolute Gasteiger partial charge is 0.354 e. The highest BCUT2D eigenvalue weighted by atomic mass is 35.5. The van der Waals surface area contributed by atoms with Gasteiger partial charge in [0.15, 0.2) is 0 Å². The molecule has 2 amide bonds. The fourth-order valence-electron chi connectivity index (χ4n) is 3.61. The lowest BCUT2D eigenvalue weighted by Gasteiger charge is -2.31. The molecule has 6 heteroatoms. The molecule has 0 fully saturated rings. The minimum Gasteiger partial charge on any atom is -0.354 e. The summed E-state index contributed by atoms with van der Waals surface area (Å²) in [5.41, 5.74) is 3.07. The van der Waals surface area contributed by atoms with Gasteiger partial charge in [0.05, 0.1) is 5.75 Å². The second-order valence-electron chi connectivity index (χ2n) is 8.25. The Morgan fingerprint density at radius 3 is 2.35 bits per heavy atom. The maximum Gasteiger partial charge on any atom is 0.243 e. The molecular formula is C28H31ClN2O2S. The molecule has 0 aromatic heterocycles. The molecule has 0 saturated heterocycles. The number of rotatable bonds is 11. The van der Waals surface area contributed by atoms with Crippen molar-refractivity contribution in [3.05, 3.63) is 101 Å². The van der Waals surface area contributed by atoms with E-state index in [1.807, 2.05) is 86.6 Å². The van der Waals surface area contributed by atoms with Crippen LogP contribution in [0.1, 0.15) is 30.0 Å². The van der Waals surface area contributed by atoms with E-state index in [-0.39, 0.29) is 17.6 Å². The predicted molar refractivity (Wildman–Crippen MR) is 141 cm³/mol. The summed E-state index contributed by atoms with van der Waals surface area (Å²) < 4.78 is 0. The van der Waals surface area contributed by atoms with Gasteiger partial charge in [0.1, 0.15) is 6.04 Å². The third-order valence-electron chi connectivity index (χ3n) is 5.45. The highest BCUT2D eigenvalue weighted by molar-refractivity contribution is 8.00. The molecule has 4 nitrogen and oxygen atoms in total. The number of hydrogen-bond donors (Lipinski definition) is 1. The number of thioether (sulfide) groups is 1. The molecular weight excluding hydrogens is 464 g/mol. The molecule has 0 aliphatic heterocycles. The summed E-state index contributed by atoms with van der Waals surface area (Å²) in [6, 6.07) is 24.8. The van der Waals surface area contributed by atoms with Crippen LogP contribution in [0.3, 0.4) is 0 Å². The smallest absolute Gasteiger partial charge is 0.243 e. The normalized spacial score (nSPS) is 11.6. The summed E-state index contributed by atoms with van der Waals surface area (Å²) in [5.74, 6) is 0.0234. The van der Waals surface area contributed by atoms with Crippen molar-refractivity contribution in [1.29, 1.82) is 0 Å². The molecule has 0 heterocycles. The summed E-state index contributed by atoms with van der Waals surface area (Å²) in [4.78, 5) is 29.6. The second-order valence-corrected chi connectivity index (χ2v) is 9.74. The van der Waals surface area contributed by atoms with Crippen LogP contribution in [0.4, 0.5) is 0 Å². The molecule has 178 valence electrons. The number of benzene rings is 3. The van der Waals surface area contributed by atoms with Crippen molar-refractivity contribution in [2.75, 3.05) is 12.3 Å². The zero-order chi connectivity index (χ0) is 24.3. The zero-order valence-electron chi connectivity index (χ0n) is 19.7. The number of nitrogens with zero attached hydrogens (tertiary/aromatic N) is 1. The Labute approximate surface area is 211 Å². The standard InChI is InChI=1S/C28H31ClN2O2S/c1-3-16-30-28(33)26(18-22-8-5-4-6-9-22)31(19-23-10-7-11-24(29)17-23)27(32)20-34-25-14-12-21(2)13-15-25/h4-15,17,26H,3,16,18-20H2,1-2H3,(H,30,33)/t26-/m0/s1. The van der Waals surface area contributed by atoms with Gasteiger partial charge in [-0.1, -0.05) is 78.7 Å². The summed E-state index contributed by atoms with van der Waals surface area (Å²) in [7, 11) is 0. The summed E-state index contributed by atoms with van der Waals surface area (Å²) in [6.07, 6.45) is 1.27. The fourth-order valence-corrected chi connectivity index (χ4v) is 4.61. The first-order valence-electron chi connectivity index (χ1n) is 11.5. The number of aryl methyl sites for hydroxylation is 1. The van der Waals surface area contributed by atoms with E-state index in [0.29, 0.717) is 24.5 Å². The number of carbonyl (C=O) groups is 2. The number of carbonyl (C=O) groups excluding carboxylic acids is 2. The number of hydrogen-bond acceptors (Lipinski definition) is 3. The molecule has 0 saturated carbocycles. The van der Waals surface area contributed by atoms with Crippen molar-refractivity contribution in [1.82, 2.24) is 10.2 Å². The molecule has 0 radical (unpaired) electrons. The molecule has 1 N–H and O–H groups in total. The summed E-state index contributed by atoms with van der Waals surface area (Å²) in [5, 5.41) is 3.61. The van der Waals surface area contributed by atoms with E-state index < -0.39 is 6.04 Å². The van der Waals surface area contributed by atoms with Gasteiger partial charge in [-0.05, 0) is 48.7 Å². The third kappa shape index (κ3) is 7.93. The lowest BCUT2D eigenvalue weighted by molar-refractivity contribution is -0.139. The topological polar surface area (TPSA) is 49.4 Å². The van der Waals surface area contributed by atoms with Crippen molar-refractivity contribution in [3.8, 4) is 0 Å². The lowest BCUT2D eigenvalue weighted by Crippen LogP contribution is -2.51. The predicted octanol–water partition coefficient (Wildman–Crippen LogP) is 5.91. The van der Waals surface area contributed by atoms with Crippen molar-refractivity contribution in [3.63, 3.8) is 0 Å². The third-order valence-corrected chi connectivity index (χ3v) is 6.68. The number of halogens is 1. The van der Waals surface area contributed by atoms with Crippen molar-refractivity contribution in [2.24, 2.45) is 0 Å². The first-order valence-corrected chi connectivity index (χ1v) is 12.9. The summed E-state index contributed by atoms with van der Waals surface area (Å²) in [6.45, 7) is 4.93. The summed E-state index contributed by atoms with van der Waals surface area (Å²) >= 11 is 7.70. The van der Waals surface area contributed by atoms with E-state index in [1.165, 1.54) is 17.3 Å². The van der Waals surface area contributed by atoms with E-state index in [2.05, 4.69) is 5.32 Å². The number of amides is 2. The molecule has 0 aliphatic carbocycles. The lowest BCUT2D eigenvalue weighted by atomic mass is 10.0. The van der Waals surface area contributed by atoms with E-state index in [1.54, 1.807) is 11.0 Å². The molecule has 0 bridgehead atoms. The molecule has 0 aliphatic rings. The minimum atomic E-state index is -0.626. The van der Waals surface area contributed by atoms with Gasteiger partial charge in [-0.25, -0.2) is 0 Å². The highest BCUT2D eigenvalue weighted by Gasteiger charge is 2.30. The number of nitrogens with one attached hydrogen (secondary N) is 1. The van der Waals surface area contributed by atoms with Crippen LogP contribution in [-0.2, 0) is 22.6 Å². The van der Waals surface area contributed by atoms with Gasteiger partial charge in [0.25, 0.3) is 0 Å². The molecule has 34 heavy (non-hydrogen) atoms. The Morgan fingerprint density at radius 2 is 1.68 bits per heavy atom. The van der Waals surface area contributed by atoms with Crippen LogP contribution in [0, 0.1) is 6.92 Å². The van der Waals surface area contributed by atoms with Gasteiger partial charge in [0.2, 0.25) is 11.8 Å². The van der Waals surface area contributed by atoms with Crippen molar-refractivity contribution in [2.45, 2.75) is 44.2 Å². The second kappa shape index (κ2) is 13.2. The fraction of sp³-hybridized carbons (Fsp3) is 0.286. The molecule has 0 spiro atoms. The maximum absolute atomic E-state index is 13.6. The van der Waals surface area contributed by atoms with Crippen LogP contribution in [0.5, 0.6) is 0 Å². The Morgan fingerprint density at radius 1 is 0.971 bits per heavy atom.